The maximum Gasteiger partial charge on any atom is 0.340 e. The standard InChI is InChI=1S/C13H11BrFN3O2/c1-20-13(19)7-5-11(17-6-10(7)16)18-12-8(14)3-2-4-9(12)15/h2-6H,16H2,1H3,(H,17,18). The van der Waals surface area contributed by atoms with Crippen molar-refractivity contribution in [1.29, 1.82) is 0 Å². The van der Waals surface area contributed by atoms with Crippen molar-refractivity contribution in [3.05, 3.63) is 46.3 Å². The Morgan fingerprint density at radius 2 is 2.25 bits per heavy atom. The van der Waals surface area contributed by atoms with Gasteiger partial charge >= 0.3 is 5.97 Å². The summed E-state index contributed by atoms with van der Waals surface area (Å²) in [5.74, 6) is -0.747. The summed E-state index contributed by atoms with van der Waals surface area (Å²) in [6.45, 7) is 0. The molecule has 0 saturated heterocycles. The highest BCUT2D eigenvalue weighted by molar-refractivity contribution is 9.10. The van der Waals surface area contributed by atoms with Gasteiger partial charge in [0, 0.05) is 4.47 Å². The molecule has 0 saturated carbocycles. The van der Waals surface area contributed by atoms with Gasteiger partial charge in [0.05, 0.1) is 30.2 Å². The van der Waals surface area contributed by atoms with Crippen LogP contribution in [0.15, 0.2) is 34.9 Å². The third kappa shape index (κ3) is 2.88. The number of para-hydroxylation sites is 1. The number of aromatic nitrogens is 1. The second-order valence-corrected chi connectivity index (χ2v) is 4.72. The molecule has 2 aromatic rings. The zero-order valence-electron chi connectivity index (χ0n) is 10.5. The zero-order chi connectivity index (χ0) is 14.7. The van der Waals surface area contributed by atoms with Crippen LogP contribution in [0.3, 0.4) is 0 Å². The Labute approximate surface area is 123 Å². The van der Waals surface area contributed by atoms with Gasteiger partial charge < -0.3 is 15.8 Å². The van der Waals surface area contributed by atoms with Crippen LogP contribution in [0.5, 0.6) is 0 Å². The fraction of sp³-hybridized carbons (Fsp3) is 0.0769. The predicted molar refractivity (Wildman–Crippen MR) is 77.4 cm³/mol. The smallest absolute Gasteiger partial charge is 0.340 e. The highest BCUT2D eigenvalue weighted by Crippen LogP contribution is 2.28. The van der Waals surface area contributed by atoms with E-state index in [1.165, 1.54) is 25.4 Å². The summed E-state index contributed by atoms with van der Waals surface area (Å²) in [6, 6.07) is 5.97. The van der Waals surface area contributed by atoms with Crippen LogP contribution in [0.2, 0.25) is 0 Å². The van der Waals surface area contributed by atoms with Gasteiger partial charge in [-0.2, -0.15) is 0 Å². The summed E-state index contributed by atoms with van der Waals surface area (Å²) in [4.78, 5) is 15.5. The topological polar surface area (TPSA) is 77.2 Å². The molecule has 0 aliphatic carbocycles. The van der Waals surface area contributed by atoms with Crippen molar-refractivity contribution in [2.45, 2.75) is 0 Å². The van der Waals surface area contributed by atoms with Gasteiger partial charge in [0.15, 0.2) is 0 Å². The van der Waals surface area contributed by atoms with Crippen molar-refractivity contribution >= 4 is 39.1 Å². The van der Waals surface area contributed by atoms with E-state index in [0.29, 0.717) is 4.47 Å². The number of hydrogen-bond donors (Lipinski definition) is 2. The molecule has 0 spiro atoms. The first-order chi connectivity index (χ1) is 9.52. The van der Waals surface area contributed by atoms with E-state index in [9.17, 15) is 9.18 Å². The van der Waals surface area contributed by atoms with Gasteiger partial charge in [0.2, 0.25) is 0 Å². The lowest BCUT2D eigenvalue weighted by Gasteiger charge is -2.10. The summed E-state index contributed by atoms with van der Waals surface area (Å²) in [5.41, 5.74) is 6.22. The van der Waals surface area contributed by atoms with Gasteiger partial charge in [0.25, 0.3) is 0 Å². The number of methoxy groups -OCH3 is 1. The van der Waals surface area contributed by atoms with Crippen LogP contribution in [0.1, 0.15) is 10.4 Å². The van der Waals surface area contributed by atoms with Gasteiger partial charge in [-0.15, -0.1) is 0 Å². The number of ether oxygens (including phenoxy) is 1. The number of anilines is 3. The molecule has 5 nitrogen and oxygen atoms in total. The van der Waals surface area contributed by atoms with E-state index in [-0.39, 0.29) is 22.8 Å². The van der Waals surface area contributed by atoms with Gasteiger partial charge in [-0.25, -0.2) is 14.2 Å². The van der Waals surface area contributed by atoms with Crippen molar-refractivity contribution in [2.24, 2.45) is 0 Å². The SMILES string of the molecule is COC(=O)c1cc(Nc2c(F)cccc2Br)ncc1N. The van der Waals surface area contributed by atoms with E-state index in [2.05, 4.69) is 31.0 Å². The number of nitrogens with one attached hydrogen (secondary N) is 1. The molecular weight excluding hydrogens is 329 g/mol. The fourth-order valence-corrected chi connectivity index (χ4v) is 2.01. The van der Waals surface area contributed by atoms with Crippen LogP contribution in [0.25, 0.3) is 0 Å². The third-order valence-electron chi connectivity index (χ3n) is 2.56. The maximum absolute atomic E-state index is 13.7. The Balaban J connectivity index is 2.37. The monoisotopic (exact) mass is 339 g/mol. The second kappa shape index (κ2) is 5.87. The number of esters is 1. The predicted octanol–water partition coefficient (Wildman–Crippen LogP) is 3.10. The van der Waals surface area contributed by atoms with Crippen LogP contribution in [0.4, 0.5) is 21.6 Å². The summed E-state index contributed by atoms with van der Waals surface area (Å²) in [6.07, 6.45) is 1.31. The molecule has 3 N–H and O–H groups in total. The number of benzene rings is 1. The average Bonchev–Trinajstić information content (AvgIpc) is 2.44. The first kappa shape index (κ1) is 14.3. The van der Waals surface area contributed by atoms with Crippen molar-refractivity contribution in [2.75, 3.05) is 18.2 Å². The Morgan fingerprint density at radius 1 is 1.50 bits per heavy atom. The first-order valence-electron chi connectivity index (χ1n) is 5.57. The number of rotatable bonds is 3. The first-order valence-corrected chi connectivity index (χ1v) is 6.37. The number of halogens is 2. The normalized spacial score (nSPS) is 10.2. The summed E-state index contributed by atoms with van der Waals surface area (Å²) in [5, 5.41) is 2.79. The van der Waals surface area contributed by atoms with E-state index in [1.54, 1.807) is 12.1 Å². The Morgan fingerprint density at radius 3 is 2.90 bits per heavy atom. The number of nitrogens with two attached hydrogens (primary N) is 1. The van der Waals surface area contributed by atoms with E-state index in [4.69, 9.17) is 5.73 Å². The molecule has 1 aromatic heterocycles. The quantitative estimate of drug-likeness (QED) is 0.840. The molecule has 104 valence electrons. The highest BCUT2D eigenvalue weighted by atomic mass is 79.9. The van der Waals surface area contributed by atoms with Gasteiger partial charge in [-0.1, -0.05) is 6.07 Å². The molecule has 1 heterocycles. The lowest BCUT2D eigenvalue weighted by molar-refractivity contribution is 0.0602. The molecule has 0 aliphatic heterocycles. The van der Waals surface area contributed by atoms with E-state index < -0.39 is 11.8 Å². The van der Waals surface area contributed by atoms with Crippen LogP contribution < -0.4 is 11.1 Å². The molecule has 7 heteroatoms. The molecule has 0 unspecified atom stereocenters. The molecule has 0 radical (unpaired) electrons. The molecule has 1 aromatic carbocycles. The third-order valence-corrected chi connectivity index (χ3v) is 3.22. The average molecular weight is 340 g/mol. The van der Waals surface area contributed by atoms with Crippen LogP contribution in [0, 0.1) is 5.82 Å². The minimum Gasteiger partial charge on any atom is -0.465 e. The van der Waals surface area contributed by atoms with Crippen LogP contribution in [-0.4, -0.2) is 18.1 Å². The highest BCUT2D eigenvalue weighted by Gasteiger charge is 2.13. The number of nitrogens with zero attached hydrogens (tertiary/aromatic N) is 1. The molecule has 20 heavy (non-hydrogen) atoms. The maximum atomic E-state index is 13.7. The van der Waals surface area contributed by atoms with E-state index in [0.717, 1.165) is 0 Å². The lowest BCUT2D eigenvalue weighted by atomic mass is 10.2. The van der Waals surface area contributed by atoms with Crippen LogP contribution >= 0.6 is 15.9 Å². The Kier molecular flexibility index (Phi) is 4.19. The number of carbonyl (C=O) groups excluding carboxylic acids is 1. The molecular formula is C13H11BrFN3O2. The molecule has 0 bridgehead atoms. The molecule has 0 amide bonds. The van der Waals surface area contributed by atoms with Crippen LogP contribution in [-0.2, 0) is 4.74 Å². The Hall–Kier alpha value is -2.15. The van der Waals surface area contributed by atoms with Crippen molar-refractivity contribution in [3.63, 3.8) is 0 Å². The zero-order valence-corrected chi connectivity index (χ0v) is 12.1. The van der Waals surface area contributed by atoms with Gasteiger partial charge in [0.1, 0.15) is 11.6 Å². The second-order valence-electron chi connectivity index (χ2n) is 3.87. The molecule has 0 atom stereocenters. The minimum atomic E-state index is -0.583. The Bertz CT molecular complexity index is 644. The fourth-order valence-electron chi connectivity index (χ4n) is 1.57. The molecule has 0 aliphatic rings. The van der Waals surface area contributed by atoms with E-state index >= 15 is 0 Å². The lowest BCUT2D eigenvalue weighted by Crippen LogP contribution is -2.08. The van der Waals surface area contributed by atoms with Gasteiger partial charge in [-0.05, 0) is 34.1 Å². The largest absolute Gasteiger partial charge is 0.465 e. The molecule has 2 rings (SSSR count). The van der Waals surface area contributed by atoms with Crippen molar-refractivity contribution in [3.8, 4) is 0 Å². The van der Waals surface area contributed by atoms with E-state index in [1.807, 2.05) is 0 Å². The van der Waals surface area contributed by atoms with Crippen molar-refractivity contribution in [1.82, 2.24) is 4.98 Å². The minimum absolute atomic E-state index is 0.164. The van der Waals surface area contributed by atoms with Crippen molar-refractivity contribution < 1.29 is 13.9 Å². The number of carbonyl (C=O) groups is 1. The summed E-state index contributed by atoms with van der Waals surface area (Å²) >= 11 is 3.23. The number of hydrogen-bond acceptors (Lipinski definition) is 5. The summed E-state index contributed by atoms with van der Waals surface area (Å²) in [7, 11) is 1.25. The van der Waals surface area contributed by atoms with Gasteiger partial charge in [-0.3, -0.25) is 0 Å². The number of nitrogen functional groups attached to an aromatic ring is 1. The summed E-state index contributed by atoms with van der Waals surface area (Å²) < 4.78 is 18.9. The number of pyridine rings is 1. The molecule has 0 fully saturated rings.